The van der Waals surface area contributed by atoms with Gasteiger partial charge in [0.2, 0.25) is 6.79 Å². The zero-order valence-corrected chi connectivity index (χ0v) is 4.26. The average Bonchev–Trinajstić information content (AvgIpc) is 2.14. The molecule has 3 N–H and O–H groups in total. The molecule has 8 heavy (non-hydrogen) atoms. The van der Waals surface area contributed by atoms with Gasteiger partial charge in [-0.25, -0.2) is 0 Å². The predicted molar refractivity (Wildman–Crippen MR) is 25.8 cm³/mol. The minimum atomic E-state index is -0.0694. The molecule has 48 valence electrons. The van der Waals surface area contributed by atoms with Crippen molar-refractivity contribution < 1.29 is 20.1 Å². The van der Waals surface area contributed by atoms with Gasteiger partial charge in [0, 0.05) is 0 Å². The third-order valence-electron chi connectivity index (χ3n) is 0.683. The average molecular weight is 120 g/mol. The van der Waals surface area contributed by atoms with Crippen LogP contribution in [0.15, 0.2) is 12.0 Å². The smallest absolute Gasteiger partial charge is 0.229 e. The first kappa shape index (κ1) is 7.26. The van der Waals surface area contributed by atoms with Crippen molar-refractivity contribution in [2.24, 2.45) is 0 Å². The third-order valence-corrected chi connectivity index (χ3v) is 0.683. The minimum Gasteiger partial charge on any atom is -0.462 e. The Balaban J connectivity index is 0.000000490. The van der Waals surface area contributed by atoms with E-state index in [1.807, 2.05) is 0 Å². The fraction of sp³-hybridized carbons (Fsp3) is 0.500. The lowest BCUT2D eigenvalue weighted by Gasteiger charge is -1.91. The van der Waals surface area contributed by atoms with E-state index in [1.54, 1.807) is 0 Å². The Morgan fingerprint density at radius 1 is 1.75 bits per heavy atom. The van der Waals surface area contributed by atoms with E-state index in [9.17, 15) is 0 Å². The first-order valence-electron chi connectivity index (χ1n) is 1.98. The number of rotatable bonds is 1. The highest BCUT2D eigenvalue weighted by Crippen LogP contribution is 2.03. The van der Waals surface area contributed by atoms with Crippen LogP contribution in [0.5, 0.6) is 0 Å². The van der Waals surface area contributed by atoms with Gasteiger partial charge in [0.05, 0.1) is 0 Å². The second-order valence-corrected chi connectivity index (χ2v) is 1.17. The van der Waals surface area contributed by atoms with Gasteiger partial charge < -0.3 is 20.1 Å². The van der Waals surface area contributed by atoms with Crippen molar-refractivity contribution in [1.82, 2.24) is 0 Å². The van der Waals surface area contributed by atoms with Crippen LogP contribution in [0.2, 0.25) is 0 Å². The van der Waals surface area contributed by atoms with Gasteiger partial charge in [-0.3, -0.25) is 0 Å². The SMILES string of the molecule is O.OCC1=COCO1. The maximum absolute atomic E-state index is 8.29. The molecule has 1 aliphatic heterocycles. The molecule has 0 saturated heterocycles. The van der Waals surface area contributed by atoms with Gasteiger partial charge in [-0.2, -0.15) is 0 Å². The zero-order chi connectivity index (χ0) is 5.11. The Bertz CT molecular complexity index is 88.0. The molecule has 0 spiro atoms. The van der Waals surface area contributed by atoms with E-state index in [1.165, 1.54) is 6.26 Å². The summed E-state index contributed by atoms with van der Waals surface area (Å²) in [7, 11) is 0. The maximum Gasteiger partial charge on any atom is 0.229 e. The largest absolute Gasteiger partial charge is 0.462 e. The van der Waals surface area contributed by atoms with Crippen LogP contribution in [0.1, 0.15) is 0 Å². The van der Waals surface area contributed by atoms with Crippen LogP contribution >= 0.6 is 0 Å². The second kappa shape index (κ2) is 3.29. The molecule has 0 aromatic carbocycles. The van der Waals surface area contributed by atoms with Crippen molar-refractivity contribution in [3.05, 3.63) is 12.0 Å². The first-order chi connectivity index (χ1) is 3.43. The van der Waals surface area contributed by atoms with Crippen molar-refractivity contribution in [3.63, 3.8) is 0 Å². The van der Waals surface area contributed by atoms with Gasteiger partial charge in [-0.05, 0) is 0 Å². The molecule has 1 heterocycles. The van der Waals surface area contributed by atoms with Gasteiger partial charge in [0.1, 0.15) is 12.9 Å². The van der Waals surface area contributed by atoms with E-state index in [0.717, 1.165) is 0 Å². The summed E-state index contributed by atoms with van der Waals surface area (Å²) >= 11 is 0. The Hall–Kier alpha value is -0.740. The molecule has 0 radical (unpaired) electrons. The van der Waals surface area contributed by atoms with Gasteiger partial charge in [0.15, 0.2) is 5.76 Å². The van der Waals surface area contributed by atoms with Crippen LogP contribution in [0, 0.1) is 0 Å². The molecule has 0 aromatic heterocycles. The van der Waals surface area contributed by atoms with Gasteiger partial charge >= 0.3 is 0 Å². The lowest BCUT2D eigenvalue weighted by atomic mass is 10.6. The van der Waals surface area contributed by atoms with Crippen LogP contribution in [0.4, 0.5) is 0 Å². The Labute approximate surface area is 46.6 Å². The summed E-state index contributed by atoms with van der Waals surface area (Å²) in [5.41, 5.74) is 0. The Kier molecular flexibility index (Phi) is 2.98. The Morgan fingerprint density at radius 3 is 2.75 bits per heavy atom. The number of hydrogen-bond donors (Lipinski definition) is 1. The molecule has 0 saturated carbocycles. The van der Waals surface area contributed by atoms with Crippen molar-refractivity contribution in [3.8, 4) is 0 Å². The van der Waals surface area contributed by atoms with E-state index in [-0.39, 0.29) is 18.9 Å². The van der Waals surface area contributed by atoms with Crippen molar-refractivity contribution in [2.75, 3.05) is 13.4 Å². The molecule has 4 heteroatoms. The Morgan fingerprint density at radius 2 is 2.50 bits per heavy atom. The summed E-state index contributed by atoms with van der Waals surface area (Å²) in [5, 5.41) is 8.29. The molecule has 0 bridgehead atoms. The summed E-state index contributed by atoms with van der Waals surface area (Å²) in [4.78, 5) is 0. The molecule has 0 amide bonds. The number of ether oxygens (including phenoxy) is 2. The minimum absolute atomic E-state index is 0. The maximum atomic E-state index is 8.29. The van der Waals surface area contributed by atoms with Gasteiger partial charge in [-0.15, -0.1) is 0 Å². The van der Waals surface area contributed by atoms with Crippen LogP contribution in [-0.2, 0) is 9.47 Å². The van der Waals surface area contributed by atoms with Crippen LogP contribution in [0.25, 0.3) is 0 Å². The van der Waals surface area contributed by atoms with Gasteiger partial charge in [-0.1, -0.05) is 0 Å². The molecular weight excluding hydrogens is 112 g/mol. The molecular formula is C4H8O4. The molecule has 1 rings (SSSR count). The lowest BCUT2D eigenvalue weighted by Crippen LogP contribution is -1.89. The highest BCUT2D eigenvalue weighted by Gasteiger charge is 2.01. The highest BCUT2D eigenvalue weighted by molar-refractivity contribution is 4.88. The highest BCUT2D eigenvalue weighted by atomic mass is 16.7. The quantitative estimate of drug-likeness (QED) is 0.482. The molecule has 0 unspecified atom stereocenters. The molecule has 4 nitrogen and oxygen atoms in total. The van der Waals surface area contributed by atoms with Gasteiger partial charge in [0.25, 0.3) is 0 Å². The molecule has 0 aliphatic carbocycles. The van der Waals surface area contributed by atoms with E-state index >= 15 is 0 Å². The molecule has 1 aliphatic rings. The summed E-state index contributed by atoms with van der Waals surface area (Å²) in [6, 6.07) is 0. The number of hydrogen-bond acceptors (Lipinski definition) is 3. The zero-order valence-electron chi connectivity index (χ0n) is 4.26. The topological polar surface area (TPSA) is 70.2 Å². The fourth-order valence-electron chi connectivity index (χ4n) is 0.354. The molecule has 0 fully saturated rings. The van der Waals surface area contributed by atoms with E-state index in [4.69, 9.17) is 9.84 Å². The number of aliphatic hydroxyl groups excluding tert-OH is 1. The van der Waals surface area contributed by atoms with Crippen molar-refractivity contribution in [1.29, 1.82) is 0 Å². The van der Waals surface area contributed by atoms with E-state index in [2.05, 4.69) is 4.74 Å². The summed E-state index contributed by atoms with van der Waals surface area (Å²) < 4.78 is 9.29. The third kappa shape index (κ3) is 1.40. The lowest BCUT2D eigenvalue weighted by molar-refractivity contribution is 0.0693. The van der Waals surface area contributed by atoms with E-state index < -0.39 is 0 Å². The predicted octanol–water partition coefficient (Wildman–Crippen LogP) is -1.00. The van der Waals surface area contributed by atoms with Crippen molar-refractivity contribution >= 4 is 0 Å². The molecule has 0 aromatic rings. The monoisotopic (exact) mass is 120 g/mol. The normalized spacial score (nSPS) is 15.4. The standard InChI is InChI=1S/C4H6O3.H2O/c5-1-4-2-6-3-7-4;/h2,5H,1,3H2;1H2. The van der Waals surface area contributed by atoms with Crippen LogP contribution in [0.3, 0.4) is 0 Å². The van der Waals surface area contributed by atoms with E-state index in [0.29, 0.717) is 5.76 Å². The first-order valence-corrected chi connectivity index (χ1v) is 1.98. The fourth-order valence-corrected chi connectivity index (χ4v) is 0.354. The number of aliphatic hydroxyl groups is 1. The van der Waals surface area contributed by atoms with Crippen molar-refractivity contribution in [2.45, 2.75) is 0 Å². The summed E-state index contributed by atoms with van der Waals surface area (Å²) in [6.45, 7) is 0.176. The van der Waals surface area contributed by atoms with Crippen LogP contribution < -0.4 is 0 Å². The summed E-state index contributed by atoms with van der Waals surface area (Å²) in [6.07, 6.45) is 1.40. The molecule has 0 atom stereocenters. The summed E-state index contributed by atoms with van der Waals surface area (Å²) in [5.74, 6) is 0.500. The second-order valence-electron chi connectivity index (χ2n) is 1.17. The van der Waals surface area contributed by atoms with Crippen LogP contribution in [-0.4, -0.2) is 24.0 Å².